The Bertz CT molecular complexity index is 838. The van der Waals surface area contributed by atoms with Crippen LogP contribution in [0.1, 0.15) is 35.3 Å². The molecule has 3 rings (SSSR count). The number of halogens is 3. The molecular formula is C19H22F3N5O. The Morgan fingerprint density at radius 1 is 1.29 bits per heavy atom. The highest BCUT2D eigenvalue weighted by atomic mass is 19.4. The summed E-state index contributed by atoms with van der Waals surface area (Å²) >= 11 is 0. The molecule has 1 aliphatic heterocycles. The first-order valence-corrected chi connectivity index (χ1v) is 9.04. The number of carbonyl (C=O) groups is 1. The van der Waals surface area contributed by atoms with Crippen LogP contribution >= 0.6 is 0 Å². The Hall–Kier alpha value is -2.68. The van der Waals surface area contributed by atoms with Crippen molar-refractivity contribution in [2.24, 2.45) is 5.73 Å². The number of nitrogens with two attached hydrogens (primary N) is 1. The first-order chi connectivity index (χ1) is 13.2. The SMILES string of the molecule is CN1CCC[C@@H]1CCNc1nc(C(N)=O)cc(-c2ccc(C(F)(F)F)cc2)n1. The van der Waals surface area contributed by atoms with E-state index in [-0.39, 0.29) is 11.6 Å². The molecule has 0 radical (unpaired) electrons. The van der Waals surface area contributed by atoms with Gasteiger partial charge in [0.05, 0.1) is 11.3 Å². The van der Waals surface area contributed by atoms with Gasteiger partial charge in [-0.15, -0.1) is 0 Å². The summed E-state index contributed by atoms with van der Waals surface area (Å²) in [5, 5.41) is 3.10. The van der Waals surface area contributed by atoms with E-state index in [9.17, 15) is 18.0 Å². The van der Waals surface area contributed by atoms with Crippen LogP contribution in [-0.4, -0.2) is 47.0 Å². The molecule has 2 heterocycles. The summed E-state index contributed by atoms with van der Waals surface area (Å²) in [5.74, 6) is -0.499. The Balaban J connectivity index is 1.78. The molecule has 1 atom stereocenters. The maximum Gasteiger partial charge on any atom is 0.416 e. The van der Waals surface area contributed by atoms with Crippen LogP contribution in [0.3, 0.4) is 0 Å². The van der Waals surface area contributed by atoms with Crippen LogP contribution in [0.2, 0.25) is 0 Å². The van der Waals surface area contributed by atoms with Gasteiger partial charge in [0, 0.05) is 18.2 Å². The zero-order valence-electron chi connectivity index (χ0n) is 15.5. The summed E-state index contributed by atoms with van der Waals surface area (Å²) in [5.41, 5.74) is 5.37. The van der Waals surface area contributed by atoms with Crippen LogP contribution in [0.25, 0.3) is 11.3 Å². The molecule has 6 nitrogen and oxygen atoms in total. The quantitative estimate of drug-likeness (QED) is 0.788. The third-order valence-corrected chi connectivity index (χ3v) is 4.92. The molecule has 9 heteroatoms. The van der Waals surface area contributed by atoms with E-state index in [4.69, 9.17) is 5.73 Å². The van der Waals surface area contributed by atoms with Gasteiger partial charge in [0.2, 0.25) is 5.95 Å². The first-order valence-electron chi connectivity index (χ1n) is 9.04. The van der Waals surface area contributed by atoms with E-state index in [0.29, 0.717) is 23.8 Å². The number of alkyl halides is 3. The number of rotatable bonds is 6. The summed E-state index contributed by atoms with van der Waals surface area (Å²) < 4.78 is 38.3. The number of carbonyl (C=O) groups excluding carboxylic acids is 1. The van der Waals surface area contributed by atoms with Crippen molar-refractivity contribution in [3.63, 3.8) is 0 Å². The van der Waals surface area contributed by atoms with Crippen LogP contribution in [0.5, 0.6) is 0 Å². The standard InChI is InChI=1S/C19H22F3N5O/c1-27-10-2-3-14(27)8-9-24-18-25-15(11-16(26-18)17(23)28)12-4-6-13(7-5-12)19(20,21)22/h4-7,11,14H,2-3,8-10H2,1H3,(H2,23,28)(H,24,25,26)/t14-/m1/s1. The lowest BCUT2D eigenvalue weighted by atomic mass is 10.1. The average Bonchev–Trinajstić information content (AvgIpc) is 3.06. The number of aromatic nitrogens is 2. The van der Waals surface area contributed by atoms with Crippen LogP contribution in [-0.2, 0) is 6.18 Å². The summed E-state index contributed by atoms with van der Waals surface area (Å²) in [7, 11) is 2.09. The third kappa shape index (κ3) is 4.78. The molecule has 1 saturated heterocycles. The van der Waals surface area contributed by atoms with E-state index in [1.807, 2.05) is 0 Å². The van der Waals surface area contributed by atoms with Crippen molar-refractivity contribution in [2.45, 2.75) is 31.5 Å². The number of amides is 1. The van der Waals surface area contributed by atoms with Gasteiger partial charge in [0.15, 0.2) is 0 Å². The zero-order chi connectivity index (χ0) is 20.3. The largest absolute Gasteiger partial charge is 0.416 e. The predicted octanol–water partition coefficient (Wildman–Crippen LogP) is 3.16. The molecule has 0 bridgehead atoms. The molecule has 2 aromatic rings. The van der Waals surface area contributed by atoms with Gasteiger partial charge in [-0.25, -0.2) is 9.97 Å². The monoisotopic (exact) mass is 393 g/mol. The molecule has 1 aromatic heterocycles. The fourth-order valence-electron chi connectivity index (χ4n) is 3.32. The molecule has 3 N–H and O–H groups in total. The van der Waals surface area contributed by atoms with Crippen molar-refractivity contribution in [1.82, 2.24) is 14.9 Å². The summed E-state index contributed by atoms with van der Waals surface area (Å²) in [6.07, 6.45) is -1.21. The molecule has 1 amide bonds. The van der Waals surface area contributed by atoms with E-state index in [0.717, 1.165) is 31.5 Å². The van der Waals surface area contributed by atoms with Crippen molar-refractivity contribution >= 4 is 11.9 Å². The number of nitrogens with one attached hydrogen (secondary N) is 1. The summed E-state index contributed by atoms with van der Waals surface area (Å²) in [6, 6.07) is 6.44. The van der Waals surface area contributed by atoms with Crippen molar-refractivity contribution in [2.75, 3.05) is 25.5 Å². The zero-order valence-corrected chi connectivity index (χ0v) is 15.5. The number of hydrogen-bond acceptors (Lipinski definition) is 5. The topological polar surface area (TPSA) is 84.1 Å². The molecule has 1 aromatic carbocycles. The lowest BCUT2D eigenvalue weighted by Gasteiger charge is -2.19. The Morgan fingerprint density at radius 2 is 2.00 bits per heavy atom. The van der Waals surface area contributed by atoms with Gasteiger partial charge < -0.3 is 16.0 Å². The van der Waals surface area contributed by atoms with Gasteiger partial charge in [-0.3, -0.25) is 4.79 Å². The maximum atomic E-state index is 12.8. The van der Waals surface area contributed by atoms with Crippen LogP contribution in [0.4, 0.5) is 19.1 Å². The Morgan fingerprint density at radius 3 is 2.57 bits per heavy atom. The van der Waals surface area contributed by atoms with Crippen LogP contribution < -0.4 is 11.1 Å². The van der Waals surface area contributed by atoms with Crippen molar-refractivity contribution < 1.29 is 18.0 Å². The molecule has 28 heavy (non-hydrogen) atoms. The van der Waals surface area contributed by atoms with Crippen LogP contribution in [0.15, 0.2) is 30.3 Å². The predicted molar refractivity (Wildman–Crippen MR) is 99.7 cm³/mol. The molecule has 0 unspecified atom stereocenters. The number of nitrogens with zero attached hydrogens (tertiary/aromatic N) is 3. The molecule has 150 valence electrons. The van der Waals surface area contributed by atoms with E-state index in [1.54, 1.807) is 0 Å². The van der Waals surface area contributed by atoms with Crippen molar-refractivity contribution in [1.29, 1.82) is 0 Å². The molecule has 1 aliphatic rings. The minimum Gasteiger partial charge on any atom is -0.364 e. The molecule has 0 saturated carbocycles. The number of benzene rings is 1. The van der Waals surface area contributed by atoms with Gasteiger partial charge in [0.1, 0.15) is 5.69 Å². The fraction of sp³-hybridized carbons (Fsp3) is 0.421. The van der Waals surface area contributed by atoms with Gasteiger partial charge in [0.25, 0.3) is 5.91 Å². The lowest BCUT2D eigenvalue weighted by Crippen LogP contribution is -2.27. The Labute approximate surface area is 161 Å². The number of anilines is 1. The summed E-state index contributed by atoms with van der Waals surface area (Å²) in [4.78, 5) is 22.3. The second-order valence-corrected chi connectivity index (χ2v) is 6.89. The number of primary amides is 1. The highest BCUT2D eigenvalue weighted by molar-refractivity contribution is 5.92. The maximum absolute atomic E-state index is 12.8. The van der Waals surface area contributed by atoms with E-state index in [1.165, 1.54) is 24.6 Å². The second-order valence-electron chi connectivity index (χ2n) is 6.89. The third-order valence-electron chi connectivity index (χ3n) is 4.92. The van der Waals surface area contributed by atoms with E-state index >= 15 is 0 Å². The number of hydrogen-bond donors (Lipinski definition) is 2. The van der Waals surface area contributed by atoms with Crippen molar-refractivity contribution in [3.05, 3.63) is 41.6 Å². The molecule has 1 fully saturated rings. The fourth-order valence-corrected chi connectivity index (χ4v) is 3.32. The van der Waals surface area contributed by atoms with Gasteiger partial charge >= 0.3 is 6.18 Å². The molecule has 0 spiro atoms. The second kappa shape index (κ2) is 8.14. The Kier molecular flexibility index (Phi) is 5.83. The van der Waals surface area contributed by atoms with E-state index < -0.39 is 17.6 Å². The minimum absolute atomic E-state index is 0.00498. The van der Waals surface area contributed by atoms with Gasteiger partial charge in [-0.2, -0.15) is 13.2 Å². The first kappa shape index (κ1) is 20.1. The van der Waals surface area contributed by atoms with E-state index in [2.05, 4.69) is 27.2 Å². The molecule has 0 aliphatic carbocycles. The van der Waals surface area contributed by atoms with Gasteiger partial charge in [-0.1, -0.05) is 12.1 Å². The smallest absolute Gasteiger partial charge is 0.364 e. The normalized spacial score (nSPS) is 17.6. The van der Waals surface area contributed by atoms with Crippen molar-refractivity contribution in [3.8, 4) is 11.3 Å². The molecular weight excluding hydrogens is 371 g/mol. The van der Waals surface area contributed by atoms with Gasteiger partial charge in [-0.05, 0) is 51.1 Å². The minimum atomic E-state index is -4.41. The average molecular weight is 393 g/mol. The van der Waals surface area contributed by atoms with Crippen LogP contribution in [0, 0.1) is 0 Å². The highest BCUT2D eigenvalue weighted by Gasteiger charge is 2.30. The lowest BCUT2D eigenvalue weighted by molar-refractivity contribution is -0.137. The highest BCUT2D eigenvalue weighted by Crippen LogP contribution is 2.31. The number of likely N-dealkylation sites (tertiary alicyclic amines) is 1. The summed E-state index contributed by atoms with van der Waals surface area (Å²) in [6.45, 7) is 1.69.